The third kappa shape index (κ3) is 7.21. The number of ether oxygens (including phenoxy) is 1. The SMILES string of the molecule is CCN(C(=O)C1CC1)c1cc(-c2ccc(N3CCOCC3)nc2)cc(C(=O)NC/C(C=O)=C(C)/C=C(/C)NC)c1C. The van der Waals surface area contributed by atoms with E-state index >= 15 is 0 Å². The van der Waals surface area contributed by atoms with Gasteiger partial charge in [0.1, 0.15) is 12.1 Å². The maximum Gasteiger partial charge on any atom is 0.251 e. The van der Waals surface area contributed by atoms with Crippen LogP contribution in [0.3, 0.4) is 0 Å². The summed E-state index contributed by atoms with van der Waals surface area (Å²) in [5.74, 6) is 0.711. The van der Waals surface area contributed by atoms with Crippen LogP contribution in [0.1, 0.15) is 49.5 Å². The van der Waals surface area contributed by atoms with Gasteiger partial charge >= 0.3 is 0 Å². The van der Waals surface area contributed by atoms with Crippen molar-refractivity contribution in [1.82, 2.24) is 15.6 Å². The highest BCUT2D eigenvalue weighted by Crippen LogP contribution is 2.36. The second-order valence-electron chi connectivity index (χ2n) is 10.6. The van der Waals surface area contributed by atoms with Gasteiger partial charge in [0.15, 0.2) is 0 Å². The lowest BCUT2D eigenvalue weighted by Crippen LogP contribution is -2.36. The minimum Gasteiger partial charge on any atom is -0.392 e. The lowest BCUT2D eigenvalue weighted by Gasteiger charge is -2.28. The van der Waals surface area contributed by atoms with Crippen LogP contribution >= 0.6 is 0 Å². The van der Waals surface area contributed by atoms with Crippen molar-refractivity contribution >= 4 is 29.6 Å². The number of benzene rings is 1. The third-order valence-corrected chi connectivity index (χ3v) is 7.76. The Balaban J connectivity index is 1.69. The van der Waals surface area contributed by atoms with E-state index < -0.39 is 0 Å². The Bertz CT molecular complexity index is 1340. The van der Waals surface area contributed by atoms with Gasteiger partial charge in [-0.15, -0.1) is 0 Å². The molecule has 0 radical (unpaired) electrons. The largest absolute Gasteiger partial charge is 0.392 e. The maximum absolute atomic E-state index is 13.6. The number of anilines is 2. The monoisotopic (exact) mass is 559 g/mol. The zero-order valence-electron chi connectivity index (χ0n) is 24.8. The van der Waals surface area contributed by atoms with Crippen molar-refractivity contribution in [3.63, 3.8) is 0 Å². The highest BCUT2D eigenvalue weighted by Gasteiger charge is 2.34. The molecule has 2 aromatic rings. The van der Waals surface area contributed by atoms with Crippen molar-refractivity contribution in [3.8, 4) is 11.1 Å². The van der Waals surface area contributed by atoms with E-state index in [-0.39, 0.29) is 24.3 Å². The van der Waals surface area contributed by atoms with E-state index in [2.05, 4.69) is 15.5 Å². The molecule has 2 N–H and O–H groups in total. The van der Waals surface area contributed by atoms with E-state index in [1.165, 1.54) is 0 Å². The number of hydrogen-bond donors (Lipinski definition) is 2. The quantitative estimate of drug-likeness (QED) is 0.243. The molecule has 9 heteroatoms. The van der Waals surface area contributed by atoms with Crippen LogP contribution in [0.4, 0.5) is 11.5 Å². The van der Waals surface area contributed by atoms with Crippen LogP contribution in [0.15, 0.2) is 53.4 Å². The number of aldehydes is 1. The molecule has 4 rings (SSSR count). The summed E-state index contributed by atoms with van der Waals surface area (Å²) in [5, 5.41) is 5.97. The Morgan fingerprint density at radius 2 is 1.88 bits per heavy atom. The van der Waals surface area contributed by atoms with Crippen LogP contribution in [-0.2, 0) is 14.3 Å². The number of pyridine rings is 1. The van der Waals surface area contributed by atoms with Gasteiger partial charge in [-0.05, 0) is 87.6 Å². The lowest BCUT2D eigenvalue weighted by molar-refractivity contribution is -0.119. The maximum atomic E-state index is 13.6. The third-order valence-electron chi connectivity index (χ3n) is 7.76. The highest BCUT2D eigenvalue weighted by atomic mass is 16.5. The van der Waals surface area contributed by atoms with E-state index in [4.69, 9.17) is 9.72 Å². The molecule has 1 aromatic carbocycles. The summed E-state index contributed by atoms with van der Waals surface area (Å²) < 4.78 is 5.46. The van der Waals surface area contributed by atoms with E-state index in [9.17, 15) is 14.4 Å². The summed E-state index contributed by atoms with van der Waals surface area (Å²) >= 11 is 0. The molecule has 2 amide bonds. The molecule has 9 nitrogen and oxygen atoms in total. The number of aromatic nitrogens is 1. The average molecular weight is 560 g/mol. The highest BCUT2D eigenvalue weighted by molar-refractivity contribution is 6.03. The van der Waals surface area contributed by atoms with Crippen molar-refractivity contribution in [2.45, 2.75) is 40.5 Å². The minimum atomic E-state index is -0.306. The van der Waals surface area contributed by atoms with Gasteiger partial charge < -0.3 is 25.2 Å². The molecular formula is C32H41N5O4. The lowest BCUT2D eigenvalue weighted by atomic mass is 9.97. The summed E-state index contributed by atoms with van der Waals surface area (Å²) in [4.78, 5) is 47.3. The molecule has 0 spiro atoms. The van der Waals surface area contributed by atoms with Gasteiger partial charge in [0.05, 0.1) is 13.2 Å². The van der Waals surface area contributed by atoms with Gasteiger partial charge in [-0.2, -0.15) is 0 Å². The molecule has 218 valence electrons. The molecule has 2 heterocycles. The average Bonchev–Trinajstić information content (AvgIpc) is 3.85. The fourth-order valence-electron chi connectivity index (χ4n) is 4.95. The number of amides is 2. The van der Waals surface area contributed by atoms with Gasteiger partial charge in [0.25, 0.3) is 5.91 Å². The Labute approximate surface area is 242 Å². The van der Waals surface area contributed by atoms with Crippen molar-refractivity contribution in [3.05, 3.63) is 64.5 Å². The number of nitrogens with zero attached hydrogens (tertiary/aromatic N) is 3. The number of allylic oxidation sites excluding steroid dienone is 3. The smallest absolute Gasteiger partial charge is 0.251 e. The first-order valence-corrected chi connectivity index (χ1v) is 14.3. The van der Waals surface area contributed by atoms with E-state index in [1.807, 2.05) is 71.3 Å². The number of carbonyl (C=O) groups is 3. The number of hydrogen-bond acceptors (Lipinski definition) is 7. The van der Waals surface area contributed by atoms with Crippen molar-refractivity contribution in [1.29, 1.82) is 0 Å². The summed E-state index contributed by atoms with van der Waals surface area (Å²) in [6.45, 7) is 11.1. The molecule has 0 bridgehead atoms. The second-order valence-corrected chi connectivity index (χ2v) is 10.6. The first kappa shape index (κ1) is 30.0. The predicted octanol–water partition coefficient (Wildman–Crippen LogP) is 4.02. The normalized spacial score (nSPS) is 16.1. The molecule has 2 aliphatic rings. The Morgan fingerprint density at radius 3 is 2.46 bits per heavy atom. The molecule has 1 aliphatic heterocycles. The van der Waals surface area contributed by atoms with Crippen LogP contribution in [0.25, 0.3) is 11.1 Å². The predicted molar refractivity (Wildman–Crippen MR) is 162 cm³/mol. The van der Waals surface area contributed by atoms with Crippen LogP contribution < -0.4 is 20.4 Å². The van der Waals surface area contributed by atoms with Crippen molar-refractivity contribution < 1.29 is 19.1 Å². The number of rotatable bonds is 11. The Morgan fingerprint density at radius 1 is 1.15 bits per heavy atom. The standard InChI is InChI=1S/C32H41N5O4/c1-6-37(32(40)24-7-8-24)29-17-26(25-9-10-30(34-18-25)36-11-13-41-14-12-36)16-28(23(29)4)31(39)35-19-27(20-38)21(2)15-22(3)33-5/h9-10,15-18,20,24,33H,6-8,11-14,19H2,1-5H3,(H,35,39)/b22-15-,27-21-. The fraction of sp³-hybridized carbons (Fsp3) is 0.438. The zero-order chi connectivity index (χ0) is 29.5. The molecular weight excluding hydrogens is 518 g/mol. The van der Waals surface area contributed by atoms with Gasteiger partial charge in [-0.3, -0.25) is 14.4 Å². The molecule has 1 saturated carbocycles. The van der Waals surface area contributed by atoms with E-state index in [0.717, 1.165) is 71.7 Å². The molecule has 0 unspecified atom stereocenters. The first-order chi connectivity index (χ1) is 19.8. The summed E-state index contributed by atoms with van der Waals surface area (Å²) in [6.07, 6.45) is 6.26. The Kier molecular flexibility index (Phi) is 9.94. The van der Waals surface area contributed by atoms with E-state index in [0.29, 0.717) is 30.9 Å². The Hall–Kier alpha value is -3.98. The van der Waals surface area contributed by atoms with Crippen molar-refractivity contribution in [2.75, 3.05) is 56.2 Å². The number of morpholine rings is 1. The molecule has 1 aromatic heterocycles. The summed E-state index contributed by atoms with van der Waals surface area (Å²) in [5.41, 5.74) is 5.73. The van der Waals surface area contributed by atoms with Gasteiger partial charge in [-0.25, -0.2) is 4.98 Å². The molecule has 1 saturated heterocycles. The zero-order valence-corrected chi connectivity index (χ0v) is 24.8. The topological polar surface area (TPSA) is 104 Å². The van der Waals surface area contributed by atoms with Gasteiger partial charge in [-0.1, -0.05) is 0 Å². The number of carbonyl (C=O) groups excluding carboxylic acids is 3. The van der Waals surface area contributed by atoms with Crippen molar-refractivity contribution in [2.24, 2.45) is 5.92 Å². The summed E-state index contributed by atoms with van der Waals surface area (Å²) in [6, 6.07) is 7.81. The fourth-order valence-corrected chi connectivity index (χ4v) is 4.95. The van der Waals surface area contributed by atoms with Gasteiger partial charge in [0, 0.05) is 73.4 Å². The number of nitrogens with one attached hydrogen (secondary N) is 2. The molecule has 2 fully saturated rings. The second kappa shape index (κ2) is 13.6. The first-order valence-electron chi connectivity index (χ1n) is 14.3. The van der Waals surface area contributed by atoms with E-state index in [1.54, 1.807) is 4.90 Å². The molecule has 1 aliphatic carbocycles. The minimum absolute atomic E-state index is 0.0436. The van der Waals surface area contributed by atoms with Crippen LogP contribution in [0, 0.1) is 12.8 Å². The summed E-state index contributed by atoms with van der Waals surface area (Å²) in [7, 11) is 1.81. The molecule has 0 atom stereocenters. The molecule has 41 heavy (non-hydrogen) atoms. The van der Waals surface area contributed by atoms with Gasteiger partial charge in [0.2, 0.25) is 5.91 Å². The van der Waals surface area contributed by atoms with Crippen LogP contribution in [0.2, 0.25) is 0 Å². The van der Waals surface area contributed by atoms with Crippen LogP contribution in [0.5, 0.6) is 0 Å². The van der Waals surface area contributed by atoms with Crippen LogP contribution in [-0.4, -0.2) is 69.5 Å².